The molecular weight excluding hydrogens is 931 g/mol. The number of thiophene rings is 1. The molecule has 59 heavy (non-hydrogen) atoms. The van der Waals surface area contributed by atoms with Gasteiger partial charge in [0.15, 0.2) is 0 Å². The third kappa shape index (κ3) is 10.3. The maximum atomic E-state index is 5.12. The van der Waals surface area contributed by atoms with E-state index in [1.807, 2.05) is 18.2 Å². The van der Waals surface area contributed by atoms with Crippen molar-refractivity contribution in [3.63, 3.8) is 0 Å². The molecule has 0 amide bonds. The van der Waals surface area contributed by atoms with Gasteiger partial charge in [-0.15, -0.1) is 47.3 Å². The Morgan fingerprint density at radius 1 is 0.746 bits per heavy atom. The van der Waals surface area contributed by atoms with E-state index in [0.717, 1.165) is 52.2 Å². The van der Waals surface area contributed by atoms with E-state index in [4.69, 9.17) is 4.98 Å². The quantitative estimate of drug-likeness (QED) is 0.107. The van der Waals surface area contributed by atoms with Gasteiger partial charge in [-0.05, 0) is 81.9 Å². The number of rotatable bonds is 9. The molecule has 6 heteroatoms. The monoisotopic (exact) mass is 988 g/mol. The fourth-order valence-electron chi connectivity index (χ4n) is 7.69. The van der Waals surface area contributed by atoms with Crippen molar-refractivity contribution >= 4 is 45.7 Å². The Morgan fingerprint density at radius 2 is 1.41 bits per heavy atom. The molecule has 3 aromatic heterocycles. The molecule has 0 aliphatic rings. The van der Waals surface area contributed by atoms with Crippen LogP contribution in [0.25, 0.3) is 60.6 Å². The fourth-order valence-corrected chi connectivity index (χ4v) is 10.1. The smallest absolute Gasteiger partial charge is 0.0798 e. The van der Waals surface area contributed by atoms with Gasteiger partial charge in [0, 0.05) is 32.0 Å². The second-order valence-corrected chi connectivity index (χ2v) is 24.4. The van der Waals surface area contributed by atoms with Crippen LogP contribution >= 0.6 is 11.3 Å². The second-order valence-electron chi connectivity index (χ2n) is 18.5. The average Bonchev–Trinajstić information content (AvgIpc) is 3.79. The SMILES string of the molecule is CC(C)Cc1cc(-c2[c-]cccc2)ncc1[Si](C)(C)C.CC(C)Cc1ccc2s[c-]c(-c3nc4ccccc4n3-c3ccc(-c4ccc(C(C)(C)C)cc4)cc3)c2c1.[Ir]. The normalized spacial score (nSPS) is 11.9. The van der Waals surface area contributed by atoms with Gasteiger partial charge in [-0.25, -0.2) is 0 Å². The first kappa shape index (κ1) is 44.1. The molecule has 0 unspecified atom stereocenters. The molecule has 3 heterocycles. The Balaban J connectivity index is 0.000000236. The maximum absolute atomic E-state index is 5.12. The van der Waals surface area contributed by atoms with E-state index in [1.54, 1.807) is 11.3 Å². The predicted octanol–water partition coefficient (Wildman–Crippen LogP) is 14.2. The van der Waals surface area contributed by atoms with Gasteiger partial charge in [0.1, 0.15) is 0 Å². The summed E-state index contributed by atoms with van der Waals surface area (Å²) in [4.78, 5) is 9.81. The predicted molar refractivity (Wildman–Crippen MR) is 253 cm³/mol. The van der Waals surface area contributed by atoms with Crippen LogP contribution in [0.1, 0.15) is 65.2 Å². The number of benzene rings is 5. The molecule has 0 aliphatic heterocycles. The van der Waals surface area contributed by atoms with Crippen LogP contribution < -0.4 is 5.19 Å². The molecule has 0 spiro atoms. The van der Waals surface area contributed by atoms with E-state index in [0.29, 0.717) is 11.8 Å². The number of hydrogen-bond acceptors (Lipinski definition) is 3. The molecule has 0 aliphatic carbocycles. The molecule has 0 fully saturated rings. The minimum Gasteiger partial charge on any atom is -0.333 e. The molecular formula is C53H57IrN3SSi-2. The first-order chi connectivity index (χ1) is 27.7. The third-order valence-electron chi connectivity index (χ3n) is 10.6. The molecule has 0 atom stereocenters. The van der Waals surface area contributed by atoms with Crippen molar-refractivity contribution in [3.8, 4) is 39.5 Å². The van der Waals surface area contributed by atoms with Crippen molar-refractivity contribution in [3.05, 3.63) is 156 Å². The Kier molecular flexibility index (Phi) is 13.8. The molecule has 305 valence electrons. The summed E-state index contributed by atoms with van der Waals surface area (Å²) >= 11 is 1.67. The fraction of sp³-hybridized carbons (Fsp3) is 0.283. The Morgan fingerprint density at radius 3 is 2.03 bits per heavy atom. The van der Waals surface area contributed by atoms with Crippen LogP contribution in [-0.2, 0) is 38.4 Å². The minimum absolute atomic E-state index is 0. The van der Waals surface area contributed by atoms with Gasteiger partial charge in [0.25, 0.3) is 0 Å². The zero-order valence-electron chi connectivity index (χ0n) is 36.3. The molecule has 8 aromatic rings. The number of fused-ring (bicyclic) bond motifs is 2. The zero-order valence-corrected chi connectivity index (χ0v) is 40.5. The summed E-state index contributed by atoms with van der Waals surface area (Å²) in [7, 11) is -1.34. The molecule has 5 aromatic carbocycles. The van der Waals surface area contributed by atoms with Crippen LogP contribution in [0.15, 0.2) is 128 Å². The van der Waals surface area contributed by atoms with Crippen LogP contribution in [0, 0.1) is 23.3 Å². The number of para-hydroxylation sites is 2. The van der Waals surface area contributed by atoms with Gasteiger partial charge in [-0.2, -0.15) is 0 Å². The van der Waals surface area contributed by atoms with Gasteiger partial charge in [-0.3, -0.25) is 16.3 Å². The molecule has 8 rings (SSSR count). The number of pyridine rings is 1. The zero-order chi connectivity index (χ0) is 41.2. The van der Waals surface area contributed by atoms with Gasteiger partial charge < -0.3 is 9.55 Å². The van der Waals surface area contributed by atoms with Crippen molar-refractivity contribution in [1.82, 2.24) is 14.5 Å². The van der Waals surface area contributed by atoms with Gasteiger partial charge in [0.05, 0.1) is 24.9 Å². The van der Waals surface area contributed by atoms with Crippen molar-refractivity contribution in [1.29, 1.82) is 0 Å². The third-order valence-corrected chi connectivity index (χ3v) is 13.6. The number of imidazole rings is 1. The molecule has 3 nitrogen and oxygen atoms in total. The van der Waals surface area contributed by atoms with E-state index in [9.17, 15) is 0 Å². The van der Waals surface area contributed by atoms with E-state index in [-0.39, 0.29) is 25.5 Å². The Hall–Kier alpha value is -4.45. The summed E-state index contributed by atoms with van der Waals surface area (Å²) < 4.78 is 3.54. The van der Waals surface area contributed by atoms with Crippen LogP contribution in [0.3, 0.4) is 0 Å². The van der Waals surface area contributed by atoms with E-state index in [1.165, 1.54) is 43.1 Å². The number of aromatic nitrogens is 3. The summed E-state index contributed by atoms with van der Waals surface area (Å²) in [6.45, 7) is 23.0. The van der Waals surface area contributed by atoms with Crippen LogP contribution in [0.4, 0.5) is 0 Å². The van der Waals surface area contributed by atoms with E-state index in [2.05, 4.69) is 198 Å². The van der Waals surface area contributed by atoms with Crippen molar-refractivity contribution in [2.45, 2.75) is 86.4 Å². The standard InChI is InChI=1S/C35H33N2S.C18H24NSi.Ir/c1-23(2)20-24-10-19-33-29(21-24)30(22-38-33)34-36-31-8-6-7-9-32(31)37(34)28-17-13-26(14-18-28)25-11-15-27(16-12-25)35(3,4)5;1-14(2)11-16-12-17(15-9-7-6-8-10-15)19-13-18(16)20(3,4)5;/h6-19,21,23H,20H2,1-5H3;6-9,12-14H,11H2,1-5H3;/q2*-1;. The van der Waals surface area contributed by atoms with Crippen LogP contribution in [0.2, 0.25) is 19.6 Å². The van der Waals surface area contributed by atoms with Gasteiger partial charge >= 0.3 is 0 Å². The van der Waals surface area contributed by atoms with E-state index >= 15 is 0 Å². The van der Waals surface area contributed by atoms with Gasteiger partial charge in [-0.1, -0.05) is 162 Å². The molecule has 1 radical (unpaired) electrons. The summed E-state index contributed by atoms with van der Waals surface area (Å²) in [5.74, 6) is 2.23. The summed E-state index contributed by atoms with van der Waals surface area (Å²) in [6.07, 6.45) is 4.31. The summed E-state index contributed by atoms with van der Waals surface area (Å²) in [5, 5.41) is 6.32. The van der Waals surface area contributed by atoms with Crippen molar-refractivity contribution in [2.75, 3.05) is 0 Å². The molecule has 0 N–H and O–H groups in total. The van der Waals surface area contributed by atoms with Crippen LogP contribution in [0.5, 0.6) is 0 Å². The second kappa shape index (κ2) is 18.4. The first-order valence-corrected chi connectivity index (χ1v) is 25.1. The Labute approximate surface area is 371 Å². The largest absolute Gasteiger partial charge is 0.333 e. The number of nitrogens with zero attached hydrogens (tertiary/aromatic N) is 3. The molecule has 0 bridgehead atoms. The average molecular weight is 988 g/mol. The summed E-state index contributed by atoms with van der Waals surface area (Å²) in [5.41, 5.74) is 13.2. The maximum Gasteiger partial charge on any atom is 0.0798 e. The summed E-state index contributed by atoms with van der Waals surface area (Å²) in [6, 6.07) is 46.7. The van der Waals surface area contributed by atoms with Crippen molar-refractivity contribution in [2.24, 2.45) is 11.8 Å². The van der Waals surface area contributed by atoms with E-state index < -0.39 is 8.07 Å². The number of hydrogen-bond donors (Lipinski definition) is 0. The van der Waals surface area contributed by atoms with Gasteiger partial charge in [0.2, 0.25) is 0 Å². The van der Waals surface area contributed by atoms with Crippen LogP contribution in [-0.4, -0.2) is 22.6 Å². The minimum atomic E-state index is -1.34. The topological polar surface area (TPSA) is 30.7 Å². The Bertz CT molecular complexity index is 2620. The molecule has 0 saturated heterocycles. The van der Waals surface area contributed by atoms with Crippen molar-refractivity contribution < 1.29 is 20.1 Å². The first-order valence-electron chi connectivity index (χ1n) is 20.7. The molecule has 0 saturated carbocycles.